The zero-order valence-electron chi connectivity index (χ0n) is 17.1. The van der Waals surface area contributed by atoms with E-state index < -0.39 is 5.92 Å². The topological polar surface area (TPSA) is 155 Å². The zero-order chi connectivity index (χ0) is 22.6. The van der Waals surface area contributed by atoms with Gasteiger partial charge in [0, 0.05) is 23.1 Å². The standard InChI is InChI=1S/C22H18N4O6/c1-28-18-11(6-14-19(20(18)29-2)31-8-30-14)15-10-4-3-9(27)5-13(10)32-22-16(15)17(24)12(7-23)21(25)26-22/h3-6,15,27H,8H2,1-2H3,(H4,24,25,26). The maximum atomic E-state index is 10.0. The largest absolute Gasteiger partial charge is 0.508 e. The minimum atomic E-state index is -0.604. The van der Waals surface area contributed by atoms with E-state index in [1.807, 2.05) is 6.07 Å². The molecule has 0 bridgehead atoms. The first-order valence-electron chi connectivity index (χ1n) is 9.52. The third kappa shape index (κ3) is 2.61. The molecule has 10 heteroatoms. The van der Waals surface area contributed by atoms with Crippen LogP contribution in [0.15, 0.2) is 24.3 Å². The number of benzene rings is 2. The van der Waals surface area contributed by atoms with E-state index in [0.29, 0.717) is 45.4 Å². The number of rotatable bonds is 3. The molecule has 32 heavy (non-hydrogen) atoms. The maximum Gasteiger partial charge on any atom is 0.231 e. The van der Waals surface area contributed by atoms with Crippen molar-refractivity contribution in [2.75, 3.05) is 32.5 Å². The number of nitrogens with zero attached hydrogens (tertiary/aromatic N) is 2. The Kier molecular flexibility index (Phi) is 4.27. The Morgan fingerprint density at radius 1 is 1.09 bits per heavy atom. The van der Waals surface area contributed by atoms with E-state index >= 15 is 0 Å². The Balaban J connectivity index is 1.88. The smallest absolute Gasteiger partial charge is 0.231 e. The first-order valence-corrected chi connectivity index (χ1v) is 9.52. The average molecular weight is 434 g/mol. The van der Waals surface area contributed by atoms with E-state index in [-0.39, 0.29) is 35.5 Å². The zero-order valence-corrected chi connectivity index (χ0v) is 17.1. The van der Waals surface area contributed by atoms with Gasteiger partial charge in [-0.25, -0.2) is 0 Å². The predicted molar refractivity (Wildman–Crippen MR) is 113 cm³/mol. The second kappa shape index (κ2) is 7.02. The lowest BCUT2D eigenvalue weighted by molar-refractivity contribution is 0.170. The highest BCUT2D eigenvalue weighted by atomic mass is 16.7. The van der Waals surface area contributed by atoms with Crippen molar-refractivity contribution < 1.29 is 28.8 Å². The van der Waals surface area contributed by atoms with E-state index in [1.165, 1.54) is 26.4 Å². The summed E-state index contributed by atoms with van der Waals surface area (Å²) < 4.78 is 28.4. The summed E-state index contributed by atoms with van der Waals surface area (Å²) in [5.74, 6) is 1.47. The van der Waals surface area contributed by atoms with Crippen LogP contribution in [0, 0.1) is 11.3 Å². The van der Waals surface area contributed by atoms with Crippen LogP contribution in [0.3, 0.4) is 0 Å². The summed E-state index contributed by atoms with van der Waals surface area (Å²) in [6.07, 6.45) is 0. The fourth-order valence-corrected chi connectivity index (χ4v) is 4.14. The molecule has 5 rings (SSSR count). The molecule has 162 valence electrons. The van der Waals surface area contributed by atoms with Crippen LogP contribution in [0.25, 0.3) is 0 Å². The number of pyridine rings is 1. The second-order valence-electron chi connectivity index (χ2n) is 7.14. The molecule has 2 aliphatic rings. The Hall–Kier alpha value is -4.52. The molecule has 1 aromatic heterocycles. The van der Waals surface area contributed by atoms with Crippen LogP contribution in [0.5, 0.6) is 40.4 Å². The molecule has 0 spiro atoms. The number of aromatic hydroxyl groups is 1. The lowest BCUT2D eigenvalue weighted by Crippen LogP contribution is -2.18. The highest BCUT2D eigenvalue weighted by Gasteiger charge is 2.38. The van der Waals surface area contributed by atoms with Crippen LogP contribution in [-0.4, -0.2) is 31.1 Å². The SMILES string of the molecule is COc1c(C2c3ccc(O)cc3Oc3nc(N)c(C#N)c(N)c32)cc2c(c1OC)OCO2. The van der Waals surface area contributed by atoms with Crippen LogP contribution in [-0.2, 0) is 0 Å². The van der Waals surface area contributed by atoms with Gasteiger partial charge in [0.25, 0.3) is 0 Å². The molecule has 0 saturated carbocycles. The molecule has 2 aliphatic heterocycles. The van der Waals surface area contributed by atoms with Gasteiger partial charge in [0.05, 0.1) is 25.5 Å². The number of nitrogen functional groups attached to an aromatic ring is 2. The fraction of sp³-hybridized carbons (Fsp3) is 0.182. The number of hydrogen-bond acceptors (Lipinski definition) is 10. The molecule has 0 saturated heterocycles. The average Bonchev–Trinajstić information content (AvgIpc) is 3.24. The summed E-state index contributed by atoms with van der Waals surface area (Å²) in [5, 5.41) is 19.6. The highest BCUT2D eigenvalue weighted by Crippen LogP contribution is 2.57. The van der Waals surface area contributed by atoms with Crippen LogP contribution >= 0.6 is 0 Å². The van der Waals surface area contributed by atoms with E-state index in [4.69, 9.17) is 35.2 Å². The van der Waals surface area contributed by atoms with Gasteiger partial charge in [-0.2, -0.15) is 10.2 Å². The van der Waals surface area contributed by atoms with E-state index in [2.05, 4.69) is 4.98 Å². The van der Waals surface area contributed by atoms with Gasteiger partial charge < -0.3 is 40.3 Å². The van der Waals surface area contributed by atoms with Crippen molar-refractivity contribution >= 4 is 11.5 Å². The number of nitrogens with two attached hydrogens (primary N) is 2. The molecule has 0 aliphatic carbocycles. The van der Waals surface area contributed by atoms with Crippen molar-refractivity contribution in [1.29, 1.82) is 5.26 Å². The van der Waals surface area contributed by atoms with Crippen molar-refractivity contribution in [2.24, 2.45) is 0 Å². The van der Waals surface area contributed by atoms with Crippen molar-refractivity contribution in [3.05, 3.63) is 46.5 Å². The summed E-state index contributed by atoms with van der Waals surface area (Å²) in [7, 11) is 3.00. The maximum absolute atomic E-state index is 10.0. The van der Waals surface area contributed by atoms with Gasteiger partial charge in [0.1, 0.15) is 28.9 Å². The lowest BCUT2D eigenvalue weighted by atomic mass is 9.81. The number of methoxy groups -OCH3 is 2. The number of phenolic OH excluding ortho intramolecular Hbond substituents is 1. The van der Waals surface area contributed by atoms with Gasteiger partial charge in [0.2, 0.25) is 24.2 Å². The van der Waals surface area contributed by atoms with Crippen LogP contribution < -0.4 is 35.2 Å². The van der Waals surface area contributed by atoms with E-state index in [0.717, 1.165) is 0 Å². The molecule has 0 radical (unpaired) electrons. The summed E-state index contributed by atoms with van der Waals surface area (Å²) in [6, 6.07) is 8.47. The number of phenols is 1. The first kappa shape index (κ1) is 19.4. The van der Waals surface area contributed by atoms with Gasteiger partial charge in [0.15, 0.2) is 11.5 Å². The number of aromatic nitrogens is 1. The molecular weight excluding hydrogens is 416 g/mol. The van der Waals surface area contributed by atoms with Crippen LogP contribution in [0.2, 0.25) is 0 Å². The fourth-order valence-electron chi connectivity index (χ4n) is 4.14. The van der Waals surface area contributed by atoms with Gasteiger partial charge in [-0.05, 0) is 12.1 Å². The number of anilines is 2. The summed E-state index contributed by atoms with van der Waals surface area (Å²) in [4.78, 5) is 4.26. The number of fused-ring (bicyclic) bond motifs is 3. The molecule has 2 aromatic carbocycles. The quantitative estimate of drug-likeness (QED) is 0.438. The normalized spacial score (nSPS) is 15.2. The Labute approximate surface area is 182 Å². The molecular formula is C22H18N4O6. The molecule has 3 heterocycles. The Morgan fingerprint density at radius 2 is 1.88 bits per heavy atom. The molecule has 10 nitrogen and oxygen atoms in total. The highest BCUT2D eigenvalue weighted by molar-refractivity contribution is 5.77. The first-order chi connectivity index (χ1) is 15.5. The van der Waals surface area contributed by atoms with Gasteiger partial charge >= 0.3 is 0 Å². The number of nitriles is 1. The number of hydrogen-bond donors (Lipinski definition) is 3. The van der Waals surface area contributed by atoms with E-state index in [1.54, 1.807) is 12.1 Å². The molecule has 0 fully saturated rings. The minimum Gasteiger partial charge on any atom is -0.508 e. The van der Waals surface area contributed by atoms with Crippen LogP contribution in [0.4, 0.5) is 11.5 Å². The van der Waals surface area contributed by atoms with Gasteiger partial charge in [-0.3, -0.25) is 0 Å². The molecule has 0 amide bonds. The summed E-state index contributed by atoms with van der Waals surface area (Å²) in [5.41, 5.74) is 14.2. The number of ether oxygens (including phenoxy) is 5. The van der Waals surface area contributed by atoms with Crippen molar-refractivity contribution in [2.45, 2.75) is 5.92 Å². The molecule has 1 atom stereocenters. The third-order valence-electron chi connectivity index (χ3n) is 5.51. The lowest BCUT2D eigenvalue weighted by Gasteiger charge is -2.31. The third-order valence-corrected chi connectivity index (χ3v) is 5.51. The van der Waals surface area contributed by atoms with E-state index in [9.17, 15) is 10.4 Å². The second-order valence-corrected chi connectivity index (χ2v) is 7.14. The molecule has 1 unspecified atom stereocenters. The van der Waals surface area contributed by atoms with Crippen molar-refractivity contribution in [3.8, 4) is 46.4 Å². The summed E-state index contributed by atoms with van der Waals surface area (Å²) >= 11 is 0. The minimum absolute atomic E-state index is 0.00997. The summed E-state index contributed by atoms with van der Waals surface area (Å²) in [6.45, 7) is 0.0337. The molecule has 5 N–H and O–H groups in total. The predicted octanol–water partition coefficient (Wildman–Crippen LogP) is 2.86. The van der Waals surface area contributed by atoms with Crippen LogP contribution in [0.1, 0.15) is 28.2 Å². The van der Waals surface area contributed by atoms with Gasteiger partial charge in [-0.15, -0.1) is 0 Å². The van der Waals surface area contributed by atoms with Crippen molar-refractivity contribution in [1.82, 2.24) is 4.98 Å². The Morgan fingerprint density at radius 3 is 2.59 bits per heavy atom. The molecule has 3 aromatic rings. The van der Waals surface area contributed by atoms with Gasteiger partial charge in [-0.1, -0.05) is 6.07 Å². The Bertz CT molecular complexity index is 1320. The monoisotopic (exact) mass is 434 g/mol. The van der Waals surface area contributed by atoms with Crippen molar-refractivity contribution in [3.63, 3.8) is 0 Å².